The molecule has 0 radical (unpaired) electrons. The van der Waals surface area contributed by atoms with E-state index in [1.165, 1.54) is 11.3 Å². The van der Waals surface area contributed by atoms with Crippen LogP contribution < -0.4 is 5.32 Å². The van der Waals surface area contributed by atoms with Gasteiger partial charge in [-0.25, -0.2) is 0 Å². The van der Waals surface area contributed by atoms with Crippen molar-refractivity contribution in [2.24, 2.45) is 5.41 Å². The second-order valence-electron chi connectivity index (χ2n) is 4.83. The van der Waals surface area contributed by atoms with Crippen LogP contribution in [-0.2, 0) is 9.53 Å². The van der Waals surface area contributed by atoms with Gasteiger partial charge in [-0.1, -0.05) is 32.4 Å². The molecule has 1 rings (SSSR count). The molecule has 1 unspecified atom stereocenters. The molecule has 1 aromatic heterocycles. The number of methoxy groups -OCH3 is 1. The molecule has 0 bridgehead atoms. The molecule has 0 saturated heterocycles. The molecule has 3 nitrogen and oxygen atoms in total. The monoisotopic (exact) mass is 275 g/mol. The van der Waals surface area contributed by atoms with Gasteiger partial charge in [0.1, 0.15) is 6.10 Å². The maximum atomic E-state index is 11.7. The Kier molecular flexibility index (Phi) is 4.98. The van der Waals surface area contributed by atoms with E-state index in [0.717, 1.165) is 9.21 Å². The largest absolute Gasteiger partial charge is 0.374 e. The maximum Gasteiger partial charge on any atom is 0.225 e. The van der Waals surface area contributed by atoms with Crippen molar-refractivity contribution >= 4 is 28.8 Å². The lowest BCUT2D eigenvalue weighted by molar-refractivity contribution is -0.129. The van der Waals surface area contributed by atoms with Gasteiger partial charge >= 0.3 is 0 Å². The van der Waals surface area contributed by atoms with Crippen LogP contribution in [0.2, 0.25) is 4.34 Å². The first kappa shape index (κ1) is 14.5. The zero-order valence-electron chi connectivity index (χ0n) is 10.5. The molecule has 1 aromatic rings. The summed E-state index contributed by atoms with van der Waals surface area (Å²) < 4.78 is 6.08. The second-order valence-corrected chi connectivity index (χ2v) is 6.57. The Morgan fingerprint density at radius 2 is 2.18 bits per heavy atom. The minimum absolute atomic E-state index is 0.0159. The fourth-order valence-corrected chi connectivity index (χ4v) is 2.39. The van der Waals surface area contributed by atoms with Crippen LogP contribution in [0.15, 0.2) is 12.1 Å². The lowest BCUT2D eigenvalue weighted by atomic mass is 9.96. The molecular formula is C12H18ClNO2S. The molecule has 1 heterocycles. The van der Waals surface area contributed by atoms with Crippen molar-refractivity contribution in [1.29, 1.82) is 0 Å². The maximum absolute atomic E-state index is 11.7. The Hall–Kier alpha value is -0.580. The summed E-state index contributed by atoms with van der Waals surface area (Å²) in [6.45, 7) is 6.11. The van der Waals surface area contributed by atoms with Crippen LogP contribution >= 0.6 is 22.9 Å². The number of rotatable bonds is 4. The van der Waals surface area contributed by atoms with Crippen LogP contribution in [0.4, 0.5) is 0 Å². The van der Waals surface area contributed by atoms with Crippen molar-refractivity contribution in [3.8, 4) is 0 Å². The summed E-state index contributed by atoms with van der Waals surface area (Å²) >= 11 is 7.34. The Morgan fingerprint density at radius 1 is 1.53 bits per heavy atom. The first-order valence-electron chi connectivity index (χ1n) is 5.41. The van der Waals surface area contributed by atoms with Crippen LogP contribution in [0, 0.1) is 5.41 Å². The summed E-state index contributed by atoms with van der Waals surface area (Å²) in [6.07, 6.45) is -0.140. The molecule has 1 atom stereocenters. The zero-order valence-corrected chi connectivity index (χ0v) is 12.1. The number of carbonyl (C=O) groups is 1. The molecule has 0 spiro atoms. The Morgan fingerprint density at radius 3 is 2.59 bits per heavy atom. The summed E-state index contributed by atoms with van der Waals surface area (Å²) in [7, 11) is 1.63. The summed E-state index contributed by atoms with van der Waals surface area (Å²) in [6, 6.07) is 3.75. The summed E-state index contributed by atoms with van der Waals surface area (Å²) in [5.41, 5.74) is -0.384. The molecule has 17 heavy (non-hydrogen) atoms. The van der Waals surface area contributed by atoms with E-state index in [1.807, 2.05) is 32.9 Å². The van der Waals surface area contributed by atoms with Crippen molar-refractivity contribution < 1.29 is 9.53 Å². The predicted octanol–water partition coefficient (Wildman–Crippen LogP) is 3.25. The van der Waals surface area contributed by atoms with Crippen LogP contribution in [-0.4, -0.2) is 19.6 Å². The van der Waals surface area contributed by atoms with Crippen LogP contribution in [0.1, 0.15) is 31.8 Å². The van der Waals surface area contributed by atoms with Gasteiger partial charge in [0.05, 0.1) is 4.34 Å². The van der Waals surface area contributed by atoms with E-state index in [0.29, 0.717) is 6.54 Å². The van der Waals surface area contributed by atoms with Crippen molar-refractivity contribution in [3.05, 3.63) is 21.3 Å². The second kappa shape index (κ2) is 5.85. The van der Waals surface area contributed by atoms with Crippen molar-refractivity contribution in [2.45, 2.75) is 26.9 Å². The highest BCUT2D eigenvalue weighted by atomic mass is 35.5. The number of ether oxygens (including phenoxy) is 1. The Balaban J connectivity index is 2.57. The van der Waals surface area contributed by atoms with E-state index in [2.05, 4.69) is 5.32 Å². The fraction of sp³-hybridized carbons (Fsp3) is 0.583. The number of halogens is 1. The van der Waals surface area contributed by atoms with E-state index in [9.17, 15) is 4.79 Å². The minimum atomic E-state index is -0.384. The smallest absolute Gasteiger partial charge is 0.225 e. The Labute approximate surface area is 111 Å². The molecule has 96 valence electrons. The van der Waals surface area contributed by atoms with Crippen molar-refractivity contribution in [1.82, 2.24) is 5.32 Å². The van der Waals surface area contributed by atoms with Gasteiger partial charge in [-0.2, -0.15) is 0 Å². The molecule has 0 aromatic carbocycles. The number of hydrogen-bond acceptors (Lipinski definition) is 3. The lowest BCUT2D eigenvalue weighted by Gasteiger charge is -2.20. The van der Waals surface area contributed by atoms with Gasteiger partial charge in [0, 0.05) is 23.9 Å². The van der Waals surface area contributed by atoms with E-state index in [4.69, 9.17) is 16.3 Å². The highest BCUT2D eigenvalue weighted by molar-refractivity contribution is 7.16. The average molecular weight is 276 g/mol. The predicted molar refractivity (Wildman–Crippen MR) is 71.5 cm³/mol. The average Bonchev–Trinajstić information content (AvgIpc) is 2.64. The normalized spacial score (nSPS) is 13.5. The third-order valence-corrected chi connectivity index (χ3v) is 3.65. The first-order valence-corrected chi connectivity index (χ1v) is 6.60. The molecule has 1 amide bonds. The topological polar surface area (TPSA) is 38.3 Å². The van der Waals surface area contributed by atoms with Gasteiger partial charge in [0.25, 0.3) is 0 Å². The Bertz CT molecular complexity index is 384. The van der Waals surface area contributed by atoms with E-state index in [1.54, 1.807) is 7.11 Å². The quantitative estimate of drug-likeness (QED) is 0.916. The van der Waals surface area contributed by atoms with E-state index < -0.39 is 0 Å². The van der Waals surface area contributed by atoms with Gasteiger partial charge < -0.3 is 10.1 Å². The fourth-order valence-electron chi connectivity index (χ4n) is 1.25. The standard InChI is InChI=1S/C12H18ClNO2S/c1-12(2,3)11(15)14-7-8(16-4)9-5-6-10(13)17-9/h5-6,8H,7H2,1-4H3,(H,14,15). The van der Waals surface area contributed by atoms with Gasteiger partial charge in [0.15, 0.2) is 0 Å². The first-order chi connectivity index (χ1) is 7.84. The highest BCUT2D eigenvalue weighted by Crippen LogP contribution is 2.28. The molecule has 1 N–H and O–H groups in total. The highest BCUT2D eigenvalue weighted by Gasteiger charge is 2.22. The number of amides is 1. The van der Waals surface area contributed by atoms with Crippen LogP contribution in [0.5, 0.6) is 0 Å². The zero-order chi connectivity index (χ0) is 13.1. The third kappa shape index (κ3) is 4.30. The number of nitrogens with one attached hydrogen (secondary N) is 1. The van der Waals surface area contributed by atoms with Crippen LogP contribution in [0.3, 0.4) is 0 Å². The van der Waals surface area contributed by atoms with Gasteiger partial charge in [-0.3, -0.25) is 4.79 Å². The minimum Gasteiger partial charge on any atom is -0.374 e. The van der Waals surface area contributed by atoms with Crippen molar-refractivity contribution in [2.75, 3.05) is 13.7 Å². The van der Waals surface area contributed by atoms with Gasteiger partial charge in [0.2, 0.25) is 5.91 Å². The molecule has 0 fully saturated rings. The lowest BCUT2D eigenvalue weighted by Crippen LogP contribution is -2.37. The molecule has 5 heteroatoms. The summed E-state index contributed by atoms with van der Waals surface area (Å²) in [4.78, 5) is 12.8. The van der Waals surface area contributed by atoms with Crippen LogP contribution in [0.25, 0.3) is 0 Å². The number of carbonyl (C=O) groups excluding carboxylic acids is 1. The molecule has 0 aliphatic carbocycles. The summed E-state index contributed by atoms with van der Waals surface area (Å²) in [5.74, 6) is 0.0159. The van der Waals surface area contributed by atoms with E-state index in [-0.39, 0.29) is 17.4 Å². The van der Waals surface area contributed by atoms with Gasteiger partial charge in [-0.15, -0.1) is 11.3 Å². The number of hydrogen-bond donors (Lipinski definition) is 1. The molecular weight excluding hydrogens is 258 g/mol. The third-order valence-electron chi connectivity index (χ3n) is 2.33. The van der Waals surface area contributed by atoms with Crippen molar-refractivity contribution in [3.63, 3.8) is 0 Å². The number of thiophene rings is 1. The summed E-state index contributed by atoms with van der Waals surface area (Å²) in [5, 5.41) is 2.88. The van der Waals surface area contributed by atoms with Gasteiger partial charge in [-0.05, 0) is 12.1 Å². The molecule has 0 aliphatic rings. The molecule has 0 saturated carbocycles. The SMILES string of the molecule is COC(CNC(=O)C(C)(C)C)c1ccc(Cl)s1. The molecule has 0 aliphatic heterocycles. The van der Waals surface area contributed by atoms with E-state index >= 15 is 0 Å².